The predicted molar refractivity (Wildman–Crippen MR) is 108 cm³/mol. The largest absolute Gasteiger partial charge is 0.493 e. The lowest BCUT2D eigenvalue weighted by molar-refractivity contribution is 0.319. The van der Waals surface area contributed by atoms with Crippen molar-refractivity contribution in [3.05, 3.63) is 71.1 Å². The number of aryl methyl sites for hydroxylation is 2. The second-order valence-corrected chi connectivity index (χ2v) is 7.21. The van der Waals surface area contributed by atoms with E-state index in [9.17, 15) is 0 Å². The standard InChI is InChI=1S/C24H27NO2/c1-3-17-10-11-19-16-20(12-13-21(17)19)26-15-14-22-23(4-2)27-24(25-22)18-8-6-5-7-9-18/h5-9,12-13,16-17H,3-4,10-11,14-15H2,1-2H3. The zero-order chi connectivity index (χ0) is 18.6. The van der Waals surface area contributed by atoms with Crippen LogP contribution >= 0.6 is 0 Å². The monoisotopic (exact) mass is 361 g/mol. The average Bonchev–Trinajstić information content (AvgIpc) is 3.32. The Balaban J connectivity index is 1.42. The summed E-state index contributed by atoms with van der Waals surface area (Å²) >= 11 is 0. The van der Waals surface area contributed by atoms with Crippen molar-refractivity contribution in [2.24, 2.45) is 0 Å². The van der Waals surface area contributed by atoms with E-state index in [0.717, 1.165) is 41.5 Å². The number of fused-ring (bicyclic) bond motifs is 1. The lowest BCUT2D eigenvalue weighted by atomic mass is 9.99. The average molecular weight is 361 g/mol. The number of oxazole rings is 1. The van der Waals surface area contributed by atoms with Crippen molar-refractivity contribution in [1.29, 1.82) is 0 Å². The second kappa shape index (κ2) is 7.99. The second-order valence-electron chi connectivity index (χ2n) is 7.21. The Morgan fingerprint density at radius 3 is 2.74 bits per heavy atom. The molecule has 27 heavy (non-hydrogen) atoms. The first-order chi connectivity index (χ1) is 13.3. The molecule has 0 saturated carbocycles. The lowest BCUT2D eigenvalue weighted by Gasteiger charge is -2.10. The van der Waals surface area contributed by atoms with Crippen LogP contribution in [0.5, 0.6) is 5.75 Å². The Morgan fingerprint density at radius 2 is 1.96 bits per heavy atom. The molecule has 0 fully saturated rings. The van der Waals surface area contributed by atoms with Crippen LogP contribution in [0, 0.1) is 0 Å². The highest BCUT2D eigenvalue weighted by Crippen LogP contribution is 2.37. The maximum absolute atomic E-state index is 6.04. The highest BCUT2D eigenvalue weighted by molar-refractivity contribution is 5.53. The number of rotatable bonds is 7. The molecule has 0 aliphatic heterocycles. The van der Waals surface area contributed by atoms with Crippen LogP contribution < -0.4 is 4.74 Å². The van der Waals surface area contributed by atoms with Gasteiger partial charge in [-0.05, 0) is 60.6 Å². The van der Waals surface area contributed by atoms with Gasteiger partial charge in [-0.3, -0.25) is 0 Å². The van der Waals surface area contributed by atoms with Crippen LogP contribution in [0.25, 0.3) is 11.5 Å². The predicted octanol–water partition coefficient (Wildman–Crippen LogP) is 5.97. The molecule has 3 aromatic rings. The summed E-state index contributed by atoms with van der Waals surface area (Å²) in [4.78, 5) is 4.71. The molecule has 3 heteroatoms. The number of hydrogen-bond donors (Lipinski definition) is 0. The van der Waals surface area contributed by atoms with Gasteiger partial charge < -0.3 is 9.15 Å². The normalized spacial score (nSPS) is 15.7. The van der Waals surface area contributed by atoms with E-state index >= 15 is 0 Å². The quantitative estimate of drug-likeness (QED) is 0.520. The summed E-state index contributed by atoms with van der Waals surface area (Å²) in [7, 11) is 0. The fourth-order valence-corrected chi connectivity index (χ4v) is 4.02. The molecule has 0 N–H and O–H groups in total. The summed E-state index contributed by atoms with van der Waals surface area (Å²) in [5.74, 6) is 3.35. The van der Waals surface area contributed by atoms with Gasteiger partial charge in [-0.2, -0.15) is 0 Å². The number of ether oxygens (including phenoxy) is 1. The van der Waals surface area contributed by atoms with Gasteiger partial charge in [0.25, 0.3) is 0 Å². The van der Waals surface area contributed by atoms with Gasteiger partial charge in [0.2, 0.25) is 5.89 Å². The van der Waals surface area contributed by atoms with E-state index in [-0.39, 0.29) is 0 Å². The zero-order valence-electron chi connectivity index (χ0n) is 16.2. The SMILES string of the molecule is CCc1oc(-c2ccccc2)nc1CCOc1ccc2c(c1)CCC2CC. The van der Waals surface area contributed by atoms with E-state index in [4.69, 9.17) is 14.1 Å². The van der Waals surface area contributed by atoms with E-state index in [1.165, 1.54) is 30.4 Å². The van der Waals surface area contributed by atoms with Gasteiger partial charge in [-0.15, -0.1) is 0 Å². The molecule has 0 bridgehead atoms. The summed E-state index contributed by atoms with van der Waals surface area (Å²) in [5.41, 5.74) is 5.00. The van der Waals surface area contributed by atoms with Crippen molar-refractivity contribution in [1.82, 2.24) is 4.98 Å². The minimum Gasteiger partial charge on any atom is -0.493 e. The molecule has 3 nitrogen and oxygen atoms in total. The summed E-state index contributed by atoms with van der Waals surface area (Å²) in [6.45, 7) is 4.99. The third-order valence-electron chi connectivity index (χ3n) is 5.54. The smallest absolute Gasteiger partial charge is 0.226 e. The topological polar surface area (TPSA) is 35.3 Å². The van der Waals surface area contributed by atoms with Crippen molar-refractivity contribution in [3.63, 3.8) is 0 Å². The molecule has 4 rings (SSSR count). The van der Waals surface area contributed by atoms with E-state index < -0.39 is 0 Å². The molecule has 0 spiro atoms. The van der Waals surface area contributed by atoms with Crippen LogP contribution in [0.2, 0.25) is 0 Å². The minimum atomic E-state index is 0.615. The summed E-state index contributed by atoms with van der Waals surface area (Å²) in [6.07, 6.45) is 5.27. The Hall–Kier alpha value is -2.55. The van der Waals surface area contributed by atoms with E-state index in [0.29, 0.717) is 12.5 Å². The molecule has 0 amide bonds. The number of nitrogens with zero attached hydrogens (tertiary/aromatic N) is 1. The molecule has 1 aliphatic carbocycles. The van der Waals surface area contributed by atoms with E-state index in [1.807, 2.05) is 30.3 Å². The maximum Gasteiger partial charge on any atom is 0.226 e. The lowest BCUT2D eigenvalue weighted by Crippen LogP contribution is -2.04. The van der Waals surface area contributed by atoms with Crippen LogP contribution in [0.4, 0.5) is 0 Å². The maximum atomic E-state index is 6.04. The summed E-state index contributed by atoms with van der Waals surface area (Å²) in [6, 6.07) is 16.7. The summed E-state index contributed by atoms with van der Waals surface area (Å²) in [5, 5.41) is 0. The number of hydrogen-bond acceptors (Lipinski definition) is 3. The summed E-state index contributed by atoms with van der Waals surface area (Å²) < 4.78 is 12.0. The molecule has 1 unspecified atom stereocenters. The molecule has 0 saturated heterocycles. The first-order valence-electron chi connectivity index (χ1n) is 10.1. The molecule has 0 radical (unpaired) electrons. The van der Waals surface area contributed by atoms with Gasteiger partial charge in [0.15, 0.2) is 0 Å². The molecule has 1 aliphatic rings. The minimum absolute atomic E-state index is 0.615. The third-order valence-corrected chi connectivity index (χ3v) is 5.54. The Morgan fingerprint density at radius 1 is 1.11 bits per heavy atom. The Kier molecular flexibility index (Phi) is 5.28. The number of benzene rings is 2. The van der Waals surface area contributed by atoms with E-state index in [2.05, 4.69) is 32.0 Å². The fraction of sp³-hybridized carbons (Fsp3) is 0.375. The fourth-order valence-electron chi connectivity index (χ4n) is 4.02. The Labute approximate surface area is 161 Å². The third kappa shape index (κ3) is 3.78. The van der Waals surface area contributed by atoms with E-state index in [1.54, 1.807) is 0 Å². The van der Waals surface area contributed by atoms with Crippen molar-refractivity contribution in [2.75, 3.05) is 6.61 Å². The van der Waals surface area contributed by atoms with Gasteiger partial charge in [-0.25, -0.2) is 4.98 Å². The molecule has 1 aromatic heterocycles. The van der Waals surface area contributed by atoms with Crippen LogP contribution in [-0.4, -0.2) is 11.6 Å². The Bertz CT molecular complexity index is 898. The van der Waals surface area contributed by atoms with Gasteiger partial charge in [0, 0.05) is 18.4 Å². The van der Waals surface area contributed by atoms with Crippen molar-refractivity contribution in [2.45, 2.75) is 51.9 Å². The van der Waals surface area contributed by atoms with Gasteiger partial charge in [-0.1, -0.05) is 38.1 Å². The zero-order valence-corrected chi connectivity index (χ0v) is 16.2. The molecule has 1 heterocycles. The molecular formula is C24H27NO2. The molecule has 140 valence electrons. The van der Waals surface area contributed by atoms with Crippen LogP contribution in [-0.2, 0) is 19.3 Å². The van der Waals surface area contributed by atoms with Gasteiger partial charge in [0.05, 0.1) is 12.3 Å². The highest BCUT2D eigenvalue weighted by atomic mass is 16.5. The number of aromatic nitrogens is 1. The molecule has 1 atom stereocenters. The van der Waals surface area contributed by atoms with Gasteiger partial charge in [0.1, 0.15) is 11.5 Å². The first kappa shape index (κ1) is 17.8. The van der Waals surface area contributed by atoms with Crippen LogP contribution in [0.1, 0.15) is 55.2 Å². The van der Waals surface area contributed by atoms with Crippen molar-refractivity contribution < 1.29 is 9.15 Å². The van der Waals surface area contributed by atoms with Crippen LogP contribution in [0.3, 0.4) is 0 Å². The molecular weight excluding hydrogens is 334 g/mol. The van der Waals surface area contributed by atoms with Gasteiger partial charge >= 0.3 is 0 Å². The highest BCUT2D eigenvalue weighted by Gasteiger charge is 2.21. The van der Waals surface area contributed by atoms with Crippen molar-refractivity contribution >= 4 is 0 Å². The van der Waals surface area contributed by atoms with Crippen LogP contribution in [0.15, 0.2) is 52.9 Å². The first-order valence-corrected chi connectivity index (χ1v) is 10.1. The van der Waals surface area contributed by atoms with Crippen molar-refractivity contribution in [3.8, 4) is 17.2 Å². The molecule has 2 aromatic carbocycles.